The second-order valence-corrected chi connectivity index (χ2v) is 11.4. The van der Waals surface area contributed by atoms with Crippen molar-refractivity contribution < 1.29 is 24.2 Å². The SMILES string of the molecule is C[C@@H]1CN([C@@H](C)CO)C(=O)c2cccc(NC(=O)C3CCOCC3)c2O[C@H]1CN(C)CC1CCCCC1. The molecule has 2 N–H and O–H groups in total. The van der Waals surface area contributed by atoms with Crippen LogP contribution in [0.2, 0.25) is 0 Å². The fraction of sp³-hybridized carbons (Fsp3) is 0.724. The van der Waals surface area contributed by atoms with Crippen LogP contribution < -0.4 is 10.1 Å². The zero-order valence-electron chi connectivity index (χ0n) is 22.8. The normalized spacial score (nSPS) is 24.7. The molecule has 1 aliphatic carbocycles. The van der Waals surface area contributed by atoms with Crippen LogP contribution in [0.3, 0.4) is 0 Å². The first-order chi connectivity index (χ1) is 17.9. The van der Waals surface area contributed by atoms with Gasteiger partial charge in [0.2, 0.25) is 5.91 Å². The minimum Gasteiger partial charge on any atom is -0.486 e. The molecule has 3 aliphatic rings. The standard InChI is InChI=1S/C29H45N3O5/c1-20-16-32(21(2)19-33)29(35)24-10-7-11-25(30-28(34)23-12-14-36-15-13-23)27(24)37-26(20)18-31(3)17-22-8-5-4-6-9-22/h7,10-11,20-23,26,33H,4-6,8-9,12-19H2,1-3H3,(H,30,34)/t20-,21+,26+/m1/s1. The Morgan fingerprint density at radius 1 is 1.16 bits per heavy atom. The number of hydrogen-bond donors (Lipinski definition) is 2. The first-order valence-electron chi connectivity index (χ1n) is 14.2. The summed E-state index contributed by atoms with van der Waals surface area (Å²) in [6.07, 6.45) is 7.75. The quantitative estimate of drug-likeness (QED) is 0.548. The van der Waals surface area contributed by atoms with Gasteiger partial charge in [-0.05, 0) is 57.7 Å². The number of carbonyl (C=O) groups is 2. The average Bonchev–Trinajstić information content (AvgIpc) is 2.91. The topological polar surface area (TPSA) is 91.3 Å². The van der Waals surface area contributed by atoms with Gasteiger partial charge in [-0.25, -0.2) is 0 Å². The van der Waals surface area contributed by atoms with E-state index in [0.29, 0.717) is 49.6 Å². The Labute approximate surface area is 221 Å². The molecule has 0 spiro atoms. The molecule has 2 heterocycles. The van der Waals surface area contributed by atoms with Gasteiger partial charge in [0.15, 0.2) is 5.75 Å². The molecule has 206 valence electrons. The number of fused-ring (bicyclic) bond motifs is 1. The molecule has 1 saturated carbocycles. The Bertz CT molecular complexity index is 913. The molecule has 0 radical (unpaired) electrons. The molecule has 0 bridgehead atoms. The van der Waals surface area contributed by atoms with E-state index in [-0.39, 0.29) is 42.4 Å². The number of aliphatic hydroxyl groups excluding tert-OH is 1. The summed E-state index contributed by atoms with van der Waals surface area (Å²) >= 11 is 0. The molecule has 2 amide bonds. The van der Waals surface area contributed by atoms with Crippen molar-refractivity contribution >= 4 is 17.5 Å². The van der Waals surface area contributed by atoms with Crippen molar-refractivity contribution in [3.63, 3.8) is 0 Å². The Morgan fingerprint density at radius 3 is 2.59 bits per heavy atom. The summed E-state index contributed by atoms with van der Waals surface area (Å²) in [5.41, 5.74) is 0.963. The van der Waals surface area contributed by atoms with Crippen molar-refractivity contribution in [1.82, 2.24) is 9.80 Å². The van der Waals surface area contributed by atoms with E-state index in [1.165, 1.54) is 32.1 Å². The first-order valence-corrected chi connectivity index (χ1v) is 14.2. The van der Waals surface area contributed by atoms with E-state index in [4.69, 9.17) is 9.47 Å². The number of para-hydroxylation sites is 1. The molecule has 37 heavy (non-hydrogen) atoms. The second kappa shape index (κ2) is 13.1. The van der Waals surface area contributed by atoms with Crippen molar-refractivity contribution in [3.8, 4) is 5.75 Å². The largest absolute Gasteiger partial charge is 0.486 e. The van der Waals surface area contributed by atoms with E-state index in [2.05, 4.69) is 24.2 Å². The van der Waals surface area contributed by atoms with Gasteiger partial charge in [0.05, 0.1) is 23.9 Å². The van der Waals surface area contributed by atoms with Crippen LogP contribution in [0.25, 0.3) is 0 Å². The third kappa shape index (κ3) is 7.03. The molecule has 8 heteroatoms. The summed E-state index contributed by atoms with van der Waals surface area (Å²) in [7, 11) is 2.16. The van der Waals surface area contributed by atoms with E-state index < -0.39 is 0 Å². The summed E-state index contributed by atoms with van der Waals surface area (Å²) in [4.78, 5) is 30.9. The minimum atomic E-state index is -0.318. The second-order valence-electron chi connectivity index (χ2n) is 11.4. The Hall–Kier alpha value is -2.16. The lowest BCUT2D eigenvalue weighted by Crippen LogP contribution is -2.50. The lowest BCUT2D eigenvalue weighted by atomic mass is 9.89. The number of hydrogen-bond acceptors (Lipinski definition) is 6. The number of nitrogens with one attached hydrogen (secondary N) is 1. The lowest BCUT2D eigenvalue weighted by Gasteiger charge is -2.39. The molecule has 2 aliphatic heterocycles. The van der Waals surface area contributed by atoms with Gasteiger partial charge in [0.1, 0.15) is 6.10 Å². The predicted molar refractivity (Wildman–Crippen MR) is 144 cm³/mol. The van der Waals surface area contributed by atoms with Crippen LogP contribution >= 0.6 is 0 Å². The highest BCUT2D eigenvalue weighted by Crippen LogP contribution is 2.36. The number of benzene rings is 1. The molecular formula is C29H45N3O5. The number of carbonyl (C=O) groups excluding carboxylic acids is 2. The third-order valence-corrected chi connectivity index (χ3v) is 8.33. The lowest BCUT2D eigenvalue weighted by molar-refractivity contribution is -0.122. The molecule has 0 unspecified atom stereocenters. The molecule has 4 rings (SSSR count). The van der Waals surface area contributed by atoms with E-state index in [9.17, 15) is 14.7 Å². The smallest absolute Gasteiger partial charge is 0.258 e. The molecule has 0 aromatic heterocycles. The van der Waals surface area contributed by atoms with Crippen LogP contribution in [0.15, 0.2) is 18.2 Å². The van der Waals surface area contributed by atoms with Crippen LogP contribution in [0.1, 0.15) is 69.2 Å². The number of likely N-dealkylation sites (N-methyl/N-ethyl adjacent to an activating group) is 1. The van der Waals surface area contributed by atoms with E-state index in [1.54, 1.807) is 17.0 Å². The number of nitrogens with zero attached hydrogens (tertiary/aromatic N) is 2. The Morgan fingerprint density at radius 2 is 1.89 bits per heavy atom. The number of anilines is 1. The maximum Gasteiger partial charge on any atom is 0.258 e. The van der Waals surface area contributed by atoms with Crippen LogP contribution in [0, 0.1) is 17.8 Å². The van der Waals surface area contributed by atoms with Crippen molar-refractivity contribution in [2.75, 3.05) is 51.8 Å². The van der Waals surface area contributed by atoms with E-state index in [1.807, 2.05) is 13.0 Å². The fourth-order valence-electron chi connectivity index (χ4n) is 5.95. The summed E-state index contributed by atoms with van der Waals surface area (Å²) in [6, 6.07) is 5.05. The molecule has 3 atom stereocenters. The van der Waals surface area contributed by atoms with Gasteiger partial charge in [-0.15, -0.1) is 0 Å². The maximum absolute atomic E-state index is 13.7. The Kier molecular flexibility index (Phi) is 9.84. The van der Waals surface area contributed by atoms with Gasteiger partial charge in [0.25, 0.3) is 5.91 Å². The van der Waals surface area contributed by atoms with Crippen LogP contribution in [0.5, 0.6) is 5.75 Å². The molecule has 1 saturated heterocycles. The monoisotopic (exact) mass is 515 g/mol. The fourth-order valence-corrected chi connectivity index (χ4v) is 5.95. The molecule has 1 aromatic carbocycles. The van der Waals surface area contributed by atoms with Gasteiger partial charge in [-0.3, -0.25) is 9.59 Å². The predicted octanol–water partition coefficient (Wildman–Crippen LogP) is 3.78. The van der Waals surface area contributed by atoms with Gasteiger partial charge in [-0.1, -0.05) is 32.3 Å². The van der Waals surface area contributed by atoms with Crippen LogP contribution in [0.4, 0.5) is 5.69 Å². The maximum atomic E-state index is 13.7. The first kappa shape index (κ1) is 27.9. The number of ether oxygens (including phenoxy) is 2. The van der Waals surface area contributed by atoms with Gasteiger partial charge >= 0.3 is 0 Å². The van der Waals surface area contributed by atoms with Crippen molar-refractivity contribution in [2.24, 2.45) is 17.8 Å². The average molecular weight is 516 g/mol. The van der Waals surface area contributed by atoms with Gasteiger partial charge < -0.3 is 29.7 Å². The van der Waals surface area contributed by atoms with Crippen molar-refractivity contribution in [3.05, 3.63) is 23.8 Å². The highest BCUT2D eigenvalue weighted by atomic mass is 16.5. The number of amides is 2. The van der Waals surface area contributed by atoms with E-state index in [0.717, 1.165) is 19.0 Å². The van der Waals surface area contributed by atoms with E-state index >= 15 is 0 Å². The third-order valence-electron chi connectivity index (χ3n) is 8.33. The van der Waals surface area contributed by atoms with Gasteiger partial charge in [-0.2, -0.15) is 0 Å². The highest BCUT2D eigenvalue weighted by molar-refractivity contribution is 6.02. The molecule has 1 aromatic rings. The Balaban J connectivity index is 1.60. The zero-order chi connectivity index (χ0) is 26.4. The highest BCUT2D eigenvalue weighted by Gasteiger charge is 2.35. The zero-order valence-corrected chi connectivity index (χ0v) is 22.8. The van der Waals surface area contributed by atoms with Crippen molar-refractivity contribution in [1.29, 1.82) is 0 Å². The van der Waals surface area contributed by atoms with Crippen LogP contribution in [-0.4, -0.2) is 85.4 Å². The molecule has 2 fully saturated rings. The van der Waals surface area contributed by atoms with Crippen molar-refractivity contribution in [2.45, 2.75) is 70.9 Å². The summed E-state index contributed by atoms with van der Waals surface area (Å²) in [5, 5.41) is 13.0. The minimum absolute atomic E-state index is 0.0409. The molecule has 8 nitrogen and oxygen atoms in total. The summed E-state index contributed by atoms with van der Waals surface area (Å²) in [6.45, 7) is 7.31. The summed E-state index contributed by atoms with van der Waals surface area (Å²) < 4.78 is 12.1. The van der Waals surface area contributed by atoms with Crippen LogP contribution in [-0.2, 0) is 9.53 Å². The summed E-state index contributed by atoms with van der Waals surface area (Å²) in [5.74, 6) is 0.839. The molecular weight excluding hydrogens is 470 g/mol. The van der Waals surface area contributed by atoms with Gasteiger partial charge in [0, 0.05) is 44.7 Å². The number of rotatable bonds is 8. The number of aliphatic hydroxyl groups is 1.